The Morgan fingerprint density at radius 3 is 2.84 bits per heavy atom. The minimum absolute atomic E-state index is 0.0250. The molecule has 6 nitrogen and oxygen atoms in total. The lowest BCUT2D eigenvalue weighted by atomic mass is 9.88. The number of benzene rings is 2. The lowest BCUT2D eigenvalue weighted by Crippen LogP contribution is -2.34. The van der Waals surface area contributed by atoms with Crippen molar-refractivity contribution in [1.82, 2.24) is 14.8 Å². The summed E-state index contributed by atoms with van der Waals surface area (Å²) in [7, 11) is 5.72. The van der Waals surface area contributed by atoms with Crippen molar-refractivity contribution in [3.05, 3.63) is 59.3 Å². The fraction of sp³-hybridized carbons (Fsp3) is 0.400. The first-order chi connectivity index (χ1) is 15.1. The van der Waals surface area contributed by atoms with E-state index in [2.05, 4.69) is 46.4 Å². The SMILES string of the molecule is COc1cc2c(cc1OCCN(C)C)[C@H](CCc1c[nH]c3ccccc13)N(C=O)CC2. The lowest BCUT2D eigenvalue weighted by molar-refractivity contribution is -0.120. The van der Waals surface area contributed by atoms with E-state index in [1.54, 1.807) is 7.11 Å². The average Bonchev–Trinajstić information content (AvgIpc) is 3.19. The summed E-state index contributed by atoms with van der Waals surface area (Å²) in [5.74, 6) is 1.50. The number of ether oxygens (including phenoxy) is 2. The molecule has 0 saturated carbocycles. The van der Waals surface area contributed by atoms with E-state index in [0.29, 0.717) is 6.61 Å². The summed E-state index contributed by atoms with van der Waals surface area (Å²) in [5, 5.41) is 1.25. The van der Waals surface area contributed by atoms with Gasteiger partial charge in [0.15, 0.2) is 11.5 Å². The van der Waals surface area contributed by atoms with E-state index < -0.39 is 0 Å². The number of carbonyl (C=O) groups excluding carboxylic acids is 1. The van der Waals surface area contributed by atoms with E-state index in [9.17, 15) is 4.79 Å². The second kappa shape index (κ2) is 9.43. The summed E-state index contributed by atoms with van der Waals surface area (Å²) in [6, 6.07) is 12.5. The van der Waals surface area contributed by atoms with Crippen molar-refractivity contribution < 1.29 is 14.3 Å². The van der Waals surface area contributed by atoms with Crippen LogP contribution in [0.15, 0.2) is 42.6 Å². The van der Waals surface area contributed by atoms with Gasteiger partial charge in [0.2, 0.25) is 6.41 Å². The number of rotatable bonds is 9. The Bertz CT molecular complexity index is 1040. The third-order valence-corrected chi connectivity index (χ3v) is 6.12. The number of aromatic nitrogens is 1. The number of nitrogens with one attached hydrogen (secondary N) is 1. The van der Waals surface area contributed by atoms with Gasteiger partial charge < -0.3 is 24.3 Å². The summed E-state index contributed by atoms with van der Waals surface area (Å²) < 4.78 is 11.7. The van der Waals surface area contributed by atoms with Crippen LogP contribution in [0.3, 0.4) is 0 Å². The molecule has 0 unspecified atom stereocenters. The van der Waals surface area contributed by atoms with Crippen LogP contribution in [0.1, 0.15) is 29.2 Å². The minimum Gasteiger partial charge on any atom is -0.493 e. The summed E-state index contributed by atoms with van der Waals surface area (Å²) in [6.45, 7) is 2.13. The van der Waals surface area contributed by atoms with E-state index in [4.69, 9.17) is 9.47 Å². The molecule has 6 heteroatoms. The average molecular weight is 422 g/mol. The highest BCUT2D eigenvalue weighted by Crippen LogP contribution is 2.39. The molecular formula is C25H31N3O3. The maximum Gasteiger partial charge on any atom is 0.210 e. The fourth-order valence-corrected chi connectivity index (χ4v) is 4.42. The lowest BCUT2D eigenvalue weighted by Gasteiger charge is -2.35. The van der Waals surface area contributed by atoms with Crippen molar-refractivity contribution in [2.24, 2.45) is 0 Å². The number of carbonyl (C=O) groups is 1. The molecule has 0 saturated heterocycles. The number of aryl methyl sites for hydroxylation is 1. The normalized spacial score (nSPS) is 15.9. The predicted octanol–water partition coefficient (Wildman–Crippen LogP) is 3.81. The summed E-state index contributed by atoms with van der Waals surface area (Å²) >= 11 is 0. The van der Waals surface area contributed by atoms with Gasteiger partial charge in [0, 0.05) is 30.2 Å². The number of para-hydroxylation sites is 1. The number of hydrogen-bond donors (Lipinski definition) is 1. The zero-order valence-electron chi connectivity index (χ0n) is 18.6. The van der Waals surface area contributed by atoms with Crippen molar-refractivity contribution in [3.8, 4) is 11.5 Å². The summed E-state index contributed by atoms with van der Waals surface area (Å²) in [5.41, 5.74) is 4.83. The van der Waals surface area contributed by atoms with Gasteiger partial charge in [-0.3, -0.25) is 4.79 Å². The van der Waals surface area contributed by atoms with Crippen molar-refractivity contribution in [3.63, 3.8) is 0 Å². The smallest absolute Gasteiger partial charge is 0.210 e. The van der Waals surface area contributed by atoms with E-state index >= 15 is 0 Å². The Labute approximate surface area is 183 Å². The van der Waals surface area contributed by atoms with Crippen LogP contribution in [-0.2, 0) is 17.6 Å². The molecule has 4 rings (SSSR count). The number of methoxy groups -OCH3 is 1. The van der Waals surface area contributed by atoms with Crippen LogP contribution < -0.4 is 9.47 Å². The molecule has 31 heavy (non-hydrogen) atoms. The first kappa shape index (κ1) is 21.2. The molecule has 164 valence electrons. The van der Waals surface area contributed by atoms with Crippen LogP contribution in [0.25, 0.3) is 10.9 Å². The van der Waals surface area contributed by atoms with Crippen molar-refractivity contribution >= 4 is 17.3 Å². The molecule has 0 fully saturated rings. The number of nitrogens with zero attached hydrogens (tertiary/aromatic N) is 2. The van der Waals surface area contributed by atoms with Crippen LogP contribution in [0.4, 0.5) is 0 Å². The first-order valence-electron chi connectivity index (χ1n) is 10.8. The quantitative estimate of drug-likeness (QED) is 0.534. The van der Waals surface area contributed by atoms with Gasteiger partial charge in [0.1, 0.15) is 6.61 Å². The molecule has 1 aliphatic heterocycles. The van der Waals surface area contributed by atoms with Crippen LogP contribution in [-0.4, -0.2) is 62.1 Å². The number of fused-ring (bicyclic) bond motifs is 2. The standard InChI is InChI=1S/C25H31N3O3/c1-27(2)12-13-31-25-15-21-18(14-24(25)30-3)10-11-28(17-29)23(21)9-8-19-16-26-22-7-5-4-6-20(19)22/h4-7,14-17,23,26H,8-13H2,1-3H3/t23-/m0/s1. The Morgan fingerprint density at radius 1 is 1.23 bits per heavy atom. The molecular weight excluding hydrogens is 390 g/mol. The number of amides is 1. The molecule has 0 radical (unpaired) electrons. The molecule has 3 aromatic rings. The van der Waals surface area contributed by atoms with Crippen molar-refractivity contribution in [1.29, 1.82) is 0 Å². The Morgan fingerprint density at radius 2 is 2.06 bits per heavy atom. The highest BCUT2D eigenvalue weighted by Gasteiger charge is 2.28. The molecule has 1 aromatic heterocycles. The summed E-state index contributed by atoms with van der Waals surface area (Å²) in [6.07, 6.45) is 5.65. The maximum atomic E-state index is 11.9. The number of aromatic amines is 1. The van der Waals surface area contributed by atoms with Gasteiger partial charge in [-0.1, -0.05) is 18.2 Å². The van der Waals surface area contributed by atoms with E-state index in [1.807, 2.05) is 25.1 Å². The molecule has 1 amide bonds. The zero-order chi connectivity index (χ0) is 21.8. The predicted molar refractivity (Wildman–Crippen MR) is 123 cm³/mol. The maximum absolute atomic E-state index is 11.9. The zero-order valence-corrected chi connectivity index (χ0v) is 18.6. The highest BCUT2D eigenvalue weighted by atomic mass is 16.5. The summed E-state index contributed by atoms with van der Waals surface area (Å²) in [4.78, 5) is 19.2. The van der Waals surface area contributed by atoms with E-state index in [-0.39, 0.29) is 6.04 Å². The van der Waals surface area contributed by atoms with Gasteiger partial charge >= 0.3 is 0 Å². The van der Waals surface area contributed by atoms with Crippen molar-refractivity contribution in [2.75, 3.05) is 40.9 Å². The second-order valence-corrected chi connectivity index (χ2v) is 8.36. The number of hydrogen-bond acceptors (Lipinski definition) is 4. The highest BCUT2D eigenvalue weighted by molar-refractivity contribution is 5.83. The van der Waals surface area contributed by atoms with Gasteiger partial charge in [-0.2, -0.15) is 0 Å². The van der Waals surface area contributed by atoms with Crippen LogP contribution in [0, 0.1) is 0 Å². The van der Waals surface area contributed by atoms with Crippen LogP contribution in [0.5, 0.6) is 11.5 Å². The third kappa shape index (κ3) is 4.54. The molecule has 0 bridgehead atoms. The minimum atomic E-state index is 0.0250. The van der Waals surface area contributed by atoms with E-state index in [0.717, 1.165) is 55.8 Å². The van der Waals surface area contributed by atoms with Crippen LogP contribution in [0.2, 0.25) is 0 Å². The monoisotopic (exact) mass is 421 g/mol. The third-order valence-electron chi connectivity index (χ3n) is 6.12. The molecule has 1 N–H and O–H groups in total. The number of likely N-dealkylation sites (N-methyl/N-ethyl adjacent to an activating group) is 1. The molecule has 1 atom stereocenters. The Balaban J connectivity index is 1.60. The van der Waals surface area contributed by atoms with Gasteiger partial charge in [-0.25, -0.2) is 0 Å². The molecule has 0 spiro atoms. The Hall–Kier alpha value is -2.99. The van der Waals surface area contributed by atoms with Gasteiger partial charge in [-0.05, 0) is 68.2 Å². The largest absolute Gasteiger partial charge is 0.493 e. The van der Waals surface area contributed by atoms with Crippen molar-refractivity contribution in [2.45, 2.75) is 25.3 Å². The van der Waals surface area contributed by atoms with E-state index in [1.165, 1.54) is 22.1 Å². The van der Waals surface area contributed by atoms with Gasteiger partial charge in [0.05, 0.1) is 13.2 Å². The molecule has 0 aliphatic carbocycles. The topological polar surface area (TPSA) is 57.8 Å². The van der Waals surface area contributed by atoms with Gasteiger partial charge in [0.25, 0.3) is 0 Å². The van der Waals surface area contributed by atoms with Gasteiger partial charge in [-0.15, -0.1) is 0 Å². The Kier molecular flexibility index (Phi) is 6.47. The van der Waals surface area contributed by atoms with Crippen LogP contribution >= 0.6 is 0 Å². The molecule has 2 heterocycles. The fourth-order valence-electron chi connectivity index (χ4n) is 4.42. The second-order valence-electron chi connectivity index (χ2n) is 8.36. The molecule has 2 aromatic carbocycles. The first-order valence-corrected chi connectivity index (χ1v) is 10.8. The number of H-pyrrole nitrogens is 1. The molecule has 1 aliphatic rings.